The highest BCUT2D eigenvalue weighted by molar-refractivity contribution is 7.99. The zero-order valence-corrected chi connectivity index (χ0v) is 17.0. The molecule has 0 radical (unpaired) electrons. The summed E-state index contributed by atoms with van der Waals surface area (Å²) in [6.07, 6.45) is 1.76. The molecule has 1 heterocycles. The lowest BCUT2D eigenvalue weighted by atomic mass is 10.1. The fourth-order valence-corrected chi connectivity index (χ4v) is 3.46. The van der Waals surface area contributed by atoms with Crippen LogP contribution in [0.5, 0.6) is 5.75 Å². The summed E-state index contributed by atoms with van der Waals surface area (Å²) >= 11 is 7.25. The number of nitrogens with zero attached hydrogens (tertiary/aromatic N) is 3. The van der Waals surface area contributed by atoms with Gasteiger partial charge in [0.2, 0.25) is 0 Å². The summed E-state index contributed by atoms with van der Waals surface area (Å²) in [5.41, 5.74) is 1.82. The molecule has 1 aromatic heterocycles. The van der Waals surface area contributed by atoms with Crippen molar-refractivity contribution in [2.24, 2.45) is 0 Å². The normalized spacial score (nSPS) is 10.6. The lowest BCUT2D eigenvalue weighted by Crippen LogP contribution is -2.09. The van der Waals surface area contributed by atoms with Gasteiger partial charge in [-0.05, 0) is 31.2 Å². The van der Waals surface area contributed by atoms with Gasteiger partial charge in [0, 0.05) is 17.1 Å². The fraction of sp³-hybridized carbons (Fsp3) is 0.190. The molecule has 0 saturated carbocycles. The van der Waals surface area contributed by atoms with E-state index in [0.717, 1.165) is 5.56 Å². The lowest BCUT2D eigenvalue weighted by Gasteiger charge is -2.09. The SMILES string of the molecule is C=CCn1c(COc2ccc(Cl)cc2)nnc1SCC(=O)c1ccc(C)cc1. The predicted molar refractivity (Wildman–Crippen MR) is 112 cm³/mol. The Morgan fingerprint density at radius 1 is 1.18 bits per heavy atom. The lowest BCUT2D eigenvalue weighted by molar-refractivity contribution is 0.102. The first kappa shape index (κ1) is 20.2. The number of rotatable bonds is 9. The molecular formula is C21H20ClN3O2S. The molecule has 0 N–H and O–H groups in total. The molecule has 7 heteroatoms. The Kier molecular flexibility index (Phi) is 6.90. The minimum absolute atomic E-state index is 0.0529. The van der Waals surface area contributed by atoms with Gasteiger partial charge < -0.3 is 4.74 Å². The van der Waals surface area contributed by atoms with E-state index in [1.807, 2.05) is 35.8 Å². The summed E-state index contributed by atoms with van der Waals surface area (Å²) in [7, 11) is 0. The number of ketones is 1. The number of hydrogen-bond donors (Lipinski definition) is 0. The summed E-state index contributed by atoms with van der Waals surface area (Å²) in [6, 6.07) is 14.7. The van der Waals surface area contributed by atoms with Crippen molar-refractivity contribution in [3.05, 3.63) is 83.2 Å². The average molecular weight is 414 g/mol. The number of carbonyl (C=O) groups is 1. The van der Waals surface area contributed by atoms with E-state index in [0.29, 0.717) is 33.9 Å². The van der Waals surface area contributed by atoms with Gasteiger partial charge in [0.05, 0.1) is 5.75 Å². The summed E-state index contributed by atoms with van der Waals surface area (Å²) in [6.45, 7) is 6.58. The monoisotopic (exact) mass is 413 g/mol. The van der Waals surface area contributed by atoms with Crippen LogP contribution in [0.3, 0.4) is 0 Å². The quantitative estimate of drug-likeness (QED) is 0.281. The molecular weight excluding hydrogens is 394 g/mol. The standard InChI is InChI=1S/C21H20ClN3O2S/c1-3-12-25-20(13-27-18-10-8-17(22)9-11-18)23-24-21(25)28-14-19(26)16-6-4-15(2)5-7-16/h3-11H,1,12-14H2,2H3. The molecule has 3 rings (SSSR count). The molecule has 0 atom stereocenters. The third-order valence-electron chi connectivity index (χ3n) is 3.99. The number of thioether (sulfide) groups is 1. The maximum absolute atomic E-state index is 12.4. The van der Waals surface area contributed by atoms with Gasteiger partial charge in [-0.25, -0.2) is 0 Å². The molecule has 3 aromatic rings. The van der Waals surface area contributed by atoms with Gasteiger partial charge in [0.25, 0.3) is 0 Å². The zero-order valence-electron chi connectivity index (χ0n) is 15.5. The van der Waals surface area contributed by atoms with Crippen LogP contribution in [0.25, 0.3) is 0 Å². The Balaban J connectivity index is 1.65. The molecule has 0 fully saturated rings. The smallest absolute Gasteiger partial charge is 0.192 e. The number of carbonyl (C=O) groups excluding carboxylic acids is 1. The summed E-state index contributed by atoms with van der Waals surface area (Å²) in [4.78, 5) is 12.4. The molecule has 0 saturated heterocycles. The van der Waals surface area contributed by atoms with Gasteiger partial charge in [-0.15, -0.1) is 16.8 Å². The van der Waals surface area contributed by atoms with Crippen molar-refractivity contribution in [1.82, 2.24) is 14.8 Å². The topological polar surface area (TPSA) is 57.0 Å². The Hall–Kier alpha value is -2.57. The third-order valence-corrected chi connectivity index (χ3v) is 5.21. The molecule has 5 nitrogen and oxygen atoms in total. The highest BCUT2D eigenvalue weighted by Gasteiger charge is 2.15. The molecule has 0 aliphatic rings. The maximum Gasteiger partial charge on any atom is 0.192 e. The van der Waals surface area contributed by atoms with Gasteiger partial charge in [-0.2, -0.15) is 0 Å². The maximum atomic E-state index is 12.4. The Morgan fingerprint density at radius 3 is 2.57 bits per heavy atom. The molecule has 0 spiro atoms. The number of hydrogen-bond acceptors (Lipinski definition) is 5. The van der Waals surface area contributed by atoms with Crippen LogP contribution in [0, 0.1) is 6.92 Å². The highest BCUT2D eigenvalue weighted by atomic mass is 35.5. The van der Waals surface area contributed by atoms with Crippen LogP contribution in [0.4, 0.5) is 0 Å². The fourth-order valence-electron chi connectivity index (χ4n) is 2.48. The van der Waals surface area contributed by atoms with E-state index in [4.69, 9.17) is 16.3 Å². The molecule has 0 bridgehead atoms. The zero-order chi connectivity index (χ0) is 19.9. The van der Waals surface area contributed by atoms with Crippen LogP contribution >= 0.6 is 23.4 Å². The number of aryl methyl sites for hydroxylation is 1. The second kappa shape index (κ2) is 9.57. The van der Waals surface area contributed by atoms with Gasteiger partial charge in [0.1, 0.15) is 12.4 Å². The van der Waals surface area contributed by atoms with Gasteiger partial charge in [0.15, 0.2) is 16.8 Å². The molecule has 0 aliphatic heterocycles. The van der Waals surface area contributed by atoms with E-state index in [1.54, 1.807) is 30.3 Å². The van der Waals surface area contributed by atoms with E-state index in [2.05, 4.69) is 16.8 Å². The summed E-state index contributed by atoms with van der Waals surface area (Å²) < 4.78 is 7.66. The van der Waals surface area contributed by atoms with Gasteiger partial charge in [-0.3, -0.25) is 9.36 Å². The number of allylic oxidation sites excluding steroid dienone is 1. The van der Waals surface area contributed by atoms with Gasteiger partial charge >= 0.3 is 0 Å². The van der Waals surface area contributed by atoms with E-state index >= 15 is 0 Å². The average Bonchev–Trinajstić information content (AvgIpc) is 3.08. The van der Waals surface area contributed by atoms with Crippen LogP contribution in [-0.4, -0.2) is 26.3 Å². The number of halogens is 1. The predicted octanol–water partition coefficient (Wildman–Crippen LogP) is 4.98. The van der Waals surface area contributed by atoms with Crippen molar-refractivity contribution >= 4 is 29.1 Å². The number of aromatic nitrogens is 3. The van der Waals surface area contributed by atoms with Crippen molar-refractivity contribution in [3.8, 4) is 5.75 Å². The minimum atomic E-state index is 0.0529. The van der Waals surface area contributed by atoms with E-state index in [1.165, 1.54) is 11.8 Å². The van der Waals surface area contributed by atoms with Crippen molar-refractivity contribution in [1.29, 1.82) is 0 Å². The Bertz CT molecular complexity index is 953. The molecule has 2 aromatic carbocycles. The van der Waals surface area contributed by atoms with Crippen molar-refractivity contribution in [2.45, 2.75) is 25.2 Å². The molecule has 0 unspecified atom stereocenters. The van der Waals surface area contributed by atoms with Crippen LogP contribution in [0.1, 0.15) is 21.7 Å². The first-order valence-corrected chi connectivity index (χ1v) is 10.1. The van der Waals surface area contributed by atoms with Crippen LogP contribution < -0.4 is 4.74 Å². The first-order chi connectivity index (χ1) is 13.6. The first-order valence-electron chi connectivity index (χ1n) is 8.71. The molecule has 0 aliphatic carbocycles. The van der Waals surface area contributed by atoms with Crippen molar-refractivity contribution in [2.75, 3.05) is 5.75 Å². The molecule has 0 amide bonds. The molecule has 28 heavy (non-hydrogen) atoms. The van der Waals surface area contributed by atoms with E-state index in [9.17, 15) is 4.79 Å². The van der Waals surface area contributed by atoms with Crippen molar-refractivity contribution < 1.29 is 9.53 Å². The molecule has 144 valence electrons. The second-order valence-corrected chi connectivity index (χ2v) is 7.50. The van der Waals surface area contributed by atoms with E-state index < -0.39 is 0 Å². The highest BCUT2D eigenvalue weighted by Crippen LogP contribution is 2.21. The number of benzene rings is 2. The van der Waals surface area contributed by atoms with Crippen LogP contribution in [0.15, 0.2) is 66.3 Å². The second-order valence-electron chi connectivity index (χ2n) is 6.12. The number of Topliss-reactive ketones (excluding diaryl/α,β-unsaturated/α-hetero) is 1. The largest absolute Gasteiger partial charge is 0.486 e. The van der Waals surface area contributed by atoms with E-state index in [-0.39, 0.29) is 18.1 Å². The third kappa shape index (κ3) is 5.24. The summed E-state index contributed by atoms with van der Waals surface area (Å²) in [5, 5.41) is 9.74. The van der Waals surface area contributed by atoms with Gasteiger partial charge in [-0.1, -0.05) is 59.3 Å². The minimum Gasteiger partial charge on any atom is -0.486 e. The number of ether oxygens (including phenoxy) is 1. The Labute approximate surface area is 173 Å². The summed E-state index contributed by atoms with van der Waals surface area (Å²) in [5.74, 6) is 1.70. The van der Waals surface area contributed by atoms with Crippen molar-refractivity contribution in [3.63, 3.8) is 0 Å². The Morgan fingerprint density at radius 2 is 1.89 bits per heavy atom. The van der Waals surface area contributed by atoms with Crippen LogP contribution in [0.2, 0.25) is 5.02 Å². The van der Waals surface area contributed by atoms with Crippen LogP contribution in [-0.2, 0) is 13.2 Å².